The van der Waals surface area contributed by atoms with Crippen molar-refractivity contribution in [2.24, 2.45) is 5.92 Å². The summed E-state index contributed by atoms with van der Waals surface area (Å²) in [6.45, 7) is 1.57. The zero-order valence-electron chi connectivity index (χ0n) is 13.2. The van der Waals surface area contributed by atoms with Crippen molar-refractivity contribution in [1.29, 1.82) is 0 Å². The molecule has 5 nitrogen and oxygen atoms in total. The summed E-state index contributed by atoms with van der Waals surface area (Å²) < 4.78 is 37.1. The number of nitrogens with one attached hydrogen (secondary N) is 2. The zero-order valence-corrected chi connectivity index (χ0v) is 14.9. The van der Waals surface area contributed by atoms with Crippen LogP contribution in [-0.4, -0.2) is 66.6 Å². The van der Waals surface area contributed by atoms with Gasteiger partial charge in [0.25, 0.3) is 0 Å². The number of halogens is 4. The number of thioether (sulfide) groups is 1. The molecular weight excluding hydrogens is 367 g/mol. The SMILES string of the molecule is Cl.O=C(CC1CSCCN1)NCC1CCN(C(=O)C(F)(F)F)CC1. The number of nitrogens with zero attached hydrogens (tertiary/aromatic N) is 1. The van der Waals surface area contributed by atoms with Crippen LogP contribution in [0.2, 0.25) is 0 Å². The molecular formula is C14H23ClF3N3O2S. The Kier molecular flexibility index (Phi) is 8.66. The van der Waals surface area contributed by atoms with E-state index in [1.165, 1.54) is 0 Å². The van der Waals surface area contributed by atoms with Gasteiger partial charge in [0.1, 0.15) is 0 Å². The van der Waals surface area contributed by atoms with Crippen LogP contribution in [0.4, 0.5) is 13.2 Å². The highest BCUT2D eigenvalue weighted by Gasteiger charge is 2.43. The molecule has 2 fully saturated rings. The number of hydrogen-bond donors (Lipinski definition) is 2. The number of hydrogen-bond acceptors (Lipinski definition) is 4. The van der Waals surface area contributed by atoms with E-state index in [0.29, 0.717) is 25.8 Å². The van der Waals surface area contributed by atoms with Crippen LogP contribution in [0.1, 0.15) is 19.3 Å². The van der Waals surface area contributed by atoms with Crippen molar-refractivity contribution in [1.82, 2.24) is 15.5 Å². The van der Waals surface area contributed by atoms with Crippen LogP contribution in [0.25, 0.3) is 0 Å². The maximum Gasteiger partial charge on any atom is 0.471 e. The predicted molar refractivity (Wildman–Crippen MR) is 89.3 cm³/mol. The number of rotatable bonds is 4. The number of amides is 2. The Balaban J connectivity index is 0.00000288. The van der Waals surface area contributed by atoms with Crippen molar-refractivity contribution in [2.45, 2.75) is 31.5 Å². The molecule has 0 bridgehead atoms. The molecule has 10 heteroatoms. The van der Waals surface area contributed by atoms with Gasteiger partial charge in [0.2, 0.25) is 5.91 Å². The smallest absolute Gasteiger partial charge is 0.356 e. The van der Waals surface area contributed by atoms with Gasteiger partial charge in [0, 0.05) is 50.1 Å². The molecule has 2 rings (SSSR count). The van der Waals surface area contributed by atoms with Gasteiger partial charge in [-0.15, -0.1) is 12.4 Å². The lowest BCUT2D eigenvalue weighted by molar-refractivity contribution is -0.186. The van der Waals surface area contributed by atoms with E-state index < -0.39 is 12.1 Å². The highest BCUT2D eigenvalue weighted by Crippen LogP contribution is 2.23. The molecule has 0 saturated carbocycles. The monoisotopic (exact) mass is 389 g/mol. The molecule has 0 aliphatic carbocycles. The fraction of sp³-hybridized carbons (Fsp3) is 0.857. The van der Waals surface area contributed by atoms with Gasteiger partial charge in [0.15, 0.2) is 0 Å². The molecule has 2 heterocycles. The van der Waals surface area contributed by atoms with Crippen LogP contribution in [0, 0.1) is 5.92 Å². The normalized spacial score (nSPS) is 22.6. The van der Waals surface area contributed by atoms with E-state index in [0.717, 1.165) is 23.0 Å². The molecule has 0 aromatic rings. The number of carbonyl (C=O) groups excluding carboxylic acids is 2. The lowest BCUT2D eigenvalue weighted by atomic mass is 9.96. The van der Waals surface area contributed by atoms with E-state index in [2.05, 4.69) is 10.6 Å². The first kappa shape index (κ1) is 21.4. The minimum absolute atomic E-state index is 0. The topological polar surface area (TPSA) is 61.4 Å². The van der Waals surface area contributed by atoms with Gasteiger partial charge in [-0.1, -0.05) is 0 Å². The summed E-state index contributed by atoms with van der Waals surface area (Å²) in [6, 6.07) is 0.194. The minimum Gasteiger partial charge on any atom is -0.356 e. The van der Waals surface area contributed by atoms with Gasteiger partial charge in [-0.2, -0.15) is 24.9 Å². The Morgan fingerprint density at radius 1 is 1.25 bits per heavy atom. The first-order valence-corrected chi connectivity index (χ1v) is 8.95. The van der Waals surface area contributed by atoms with Crippen molar-refractivity contribution in [2.75, 3.05) is 37.7 Å². The molecule has 24 heavy (non-hydrogen) atoms. The third-order valence-corrected chi connectivity index (χ3v) is 5.29. The number of carbonyl (C=O) groups is 2. The van der Waals surface area contributed by atoms with E-state index >= 15 is 0 Å². The van der Waals surface area contributed by atoms with E-state index in [1.807, 2.05) is 11.8 Å². The lowest BCUT2D eigenvalue weighted by Crippen LogP contribution is -2.47. The van der Waals surface area contributed by atoms with Crippen LogP contribution in [0.15, 0.2) is 0 Å². The highest BCUT2D eigenvalue weighted by molar-refractivity contribution is 7.99. The van der Waals surface area contributed by atoms with Gasteiger partial charge in [-0.05, 0) is 18.8 Å². The highest BCUT2D eigenvalue weighted by atomic mass is 35.5. The fourth-order valence-corrected chi connectivity index (χ4v) is 3.77. The first-order chi connectivity index (χ1) is 10.9. The molecule has 140 valence electrons. The standard InChI is InChI=1S/C14H22F3N3O2S.ClH/c15-14(16,17)13(22)20-4-1-10(2-5-20)8-19-12(21)7-11-9-23-6-3-18-11;/h10-11,18H,1-9H2,(H,19,21);1H. The first-order valence-electron chi connectivity index (χ1n) is 7.80. The summed E-state index contributed by atoms with van der Waals surface area (Å²) in [7, 11) is 0. The molecule has 2 N–H and O–H groups in total. The molecule has 0 radical (unpaired) electrons. The Morgan fingerprint density at radius 2 is 1.92 bits per heavy atom. The molecule has 2 aliphatic heterocycles. The quantitative estimate of drug-likeness (QED) is 0.763. The summed E-state index contributed by atoms with van der Waals surface area (Å²) in [5.74, 6) is 0.322. The van der Waals surface area contributed by atoms with E-state index in [1.54, 1.807) is 0 Å². The molecule has 2 amide bonds. The average Bonchev–Trinajstić information content (AvgIpc) is 2.53. The average molecular weight is 390 g/mol. The van der Waals surface area contributed by atoms with E-state index in [9.17, 15) is 22.8 Å². The predicted octanol–water partition coefficient (Wildman–Crippen LogP) is 1.42. The van der Waals surface area contributed by atoms with Gasteiger partial charge >= 0.3 is 12.1 Å². The summed E-state index contributed by atoms with van der Waals surface area (Å²) in [5, 5.41) is 6.15. The van der Waals surface area contributed by atoms with Gasteiger partial charge in [0.05, 0.1) is 0 Å². The molecule has 1 atom stereocenters. The summed E-state index contributed by atoms with van der Waals surface area (Å²) in [6.07, 6.45) is -3.40. The summed E-state index contributed by atoms with van der Waals surface area (Å²) in [5.41, 5.74) is 0. The van der Waals surface area contributed by atoms with Crippen molar-refractivity contribution >= 4 is 36.0 Å². The Hall–Kier alpha value is -0.670. The van der Waals surface area contributed by atoms with E-state index in [4.69, 9.17) is 0 Å². The van der Waals surface area contributed by atoms with Crippen LogP contribution in [-0.2, 0) is 9.59 Å². The van der Waals surface area contributed by atoms with Crippen molar-refractivity contribution < 1.29 is 22.8 Å². The lowest BCUT2D eigenvalue weighted by Gasteiger charge is -2.32. The largest absolute Gasteiger partial charge is 0.471 e. The second-order valence-corrected chi connectivity index (χ2v) is 7.12. The Labute approximate surface area is 149 Å². The maximum absolute atomic E-state index is 12.4. The Morgan fingerprint density at radius 3 is 2.46 bits per heavy atom. The second kappa shape index (κ2) is 9.72. The van der Waals surface area contributed by atoms with Crippen LogP contribution in [0.5, 0.6) is 0 Å². The van der Waals surface area contributed by atoms with Gasteiger partial charge in [-0.3, -0.25) is 9.59 Å². The molecule has 0 aromatic heterocycles. The molecule has 1 unspecified atom stereocenters. The zero-order chi connectivity index (χ0) is 16.9. The minimum atomic E-state index is -4.80. The van der Waals surface area contributed by atoms with E-state index in [-0.39, 0.29) is 43.4 Å². The number of alkyl halides is 3. The molecule has 0 spiro atoms. The van der Waals surface area contributed by atoms with Crippen molar-refractivity contribution in [3.63, 3.8) is 0 Å². The number of piperidine rings is 1. The van der Waals surface area contributed by atoms with Crippen LogP contribution < -0.4 is 10.6 Å². The Bertz CT molecular complexity index is 426. The van der Waals surface area contributed by atoms with Gasteiger partial charge in [-0.25, -0.2) is 0 Å². The second-order valence-electron chi connectivity index (χ2n) is 5.97. The van der Waals surface area contributed by atoms with Gasteiger partial charge < -0.3 is 15.5 Å². The van der Waals surface area contributed by atoms with Crippen molar-refractivity contribution in [3.8, 4) is 0 Å². The summed E-state index contributed by atoms with van der Waals surface area (Å²) in [4.78, 5) is 23.9. The molecule has 2 aliphatic rings. The van der Waals surface area contributed by atoms with Crippen molar-refractivity contribution in [3.05, 3.63) is 0 Å². The van der Waals surface area contributed by atoms with Crippen LogP contribution >= 0.6 is 24.2 Å². The maximum atomic E-state index is 12.4. The third kappa shape index (κ3) is 6.68. The summed E-state index contributed by atoms with van der Waals surface area (Å²) >= 11 is 1.82. The third-order valence-electron chi connectivity index (χ3n) is 4.16. The van der Waals surface area contributed by atoms with Crippen LogP contribution in [0.3, 0.4) is 0 Å². The molecule has 0 aromatic carbocycles. The fourth-order valence-electron chi connectivity index (χ4n) is 2.82. The number of likely N-dealkylation sites (tertiary alicyclic amines) is 1. The molecule has 2 saturated heterocycles.